The highest BCUT2D eigenvalue weighted by atomic mass is 35.5. The number of rotatable bonds is 2. The molecule has 19 heavy (non-hydrogen) atoms. The molecule has 0 aliphatic carbocycles. The van der Waals surface area contributed by atoms with Gasteiger partial charge in [-0.05, 0) is 24.5 Å². The molecule has 4 nitrogen and oxygen atoms in total. The molecule has 6 heteroatoms. The molecule has 98 valence electrons. The fraction of sp³-hybridized carbons (Fsp3) is 0.0769. The van der Waals surface area contributed by atoms with Gasteiger partial charge in [-0.25, -0.2) is 0 Å². The van der Waals surface area contributed by atoms with Gasteiger partial charge >= 0.3 is 0 Å². The van der Waals surface area contributed by atoms with E-state index in [2.05, 4.69) is 4.98 Å². The number of benzene rings is 1. The van der Waals surface area contributed by atoms with Gasteiger partial charge in [0.25, 0.3) is 5.70 Å². The molecule has 0 bridgehead atoms. The summed E-state index contributed by atoms with van der Waals surface area (Å²) >= 11 is 5.95. The molecule has 3 rings (SSSR count). The van der Waals surface area contributed by atoms with Gasteiger partial charge in [-0.1, -0.05) is 17.7 Å². The van der Waals surface area contributed by atoms with Crippen LogP contribution in [0.1, 0.15) is 6.92 Å². The first-order valence-corrected chi connectivity index (χ1v) is 7.52. The largest absolute Gasteiger partial charge is 0.360 e. The smallest absolute Gasteiger partial charge is 0.277 e. The van der Waals surface area contributed by atoms with Crippen LogP contribution in [0.15, 0.2) is 51.4 Å². The zero-order chi connectivity index (χ0) is 13.6. The zero-order valence-corrected chi connectivity index (χ0v) is 11.7. The first-order chi connectivity index (χ1) is 9.06. The van der Waals surface area contributed by atoms with Crippen molar-refractivity contribution < 1.29 is 4.92 Å². The lowest BCUT2D eigenvalue weighted by molar-refractivity contribution is -0.420. The molecule has 0 saturated heterocycles. The summed E-state index contributed by atoms with van der Waals surface area (Å²) in [5, 5.41) is 16.4. The molecule has 1 aliphatic rings. The van der Waals surface area contributed by atoms with Crippen molar-refractivity contribution in [3.63, 3.8) is 0 Å². The fourth-order valence-corrected chi connectivity index (χ4v) is 4.50. The van der Waals surface area contributed by atoms with E-state index in [0.717, 1.165) is 21.4 Å². The standard InChI is InChI=1S/C13H11ClN2O2S/c1-8-6-19(7-12(8)16(17)18)13-5-15-11-4-9(14)2-3-10(11)13/h2-7,15,19H,1H3. The predicted molar refractivity (Wildman–Crippen MR) is 79.4 cm³/mol. The van der Waals surface area contributed by atoms with E-state index < -0.39 is 10.9 Å². The molecule has 2 heterocycles. The Morgan fingerprint density at radius 2 is 2.16 bits per heavy atom. The summed E-state index contributed by atoms with van der Waals surface area (Å²) in [5.74, 6) is 0. The van der Waals surface area contributed by atoms with Crippen LogP contribution in [-0.4, -0.2) is 9.91 Å². The van der Waals surface area contributed by atoms with Crippen LogP contribution >= 0.6 is 22.5 Å². The quantitative estimate of drug-likeness (QED) is 0.495. The molecule has 1 aromatic heterocycles. The van der Waals surface area contributed by atoms with Crippen LogP contribution < -0.4 is 0 Å². The Hall–Kier alpha value is -1.72. The van der Waals surface area contributed by atoms with Gasteiger partial charge in [-0.2, -0.15) is 10.9 Å². The number of allylic oxidation sites excluding steroid dienone is 1. The van der Waals surface area contributed by atoms with Crippen LogP contribution in [0.4, 0.5) is 0 Å². The number of aromatic amines is 1. The number of nitrogens with one attached hydrogen (secondary N) is 1. The van der Waals surface area contributed by atoms with Gasteiger partial charge in [0.15, 0.2) is 0 Å². The molecule has 0 radical (unpaired) electrons. The van der Waals surface area contributed by atoms with Gasteiger partial charge in [-0.3, -0.25) is 10.1 Å². The Morgan fingerprint density at radius 1 is 1.37 bits per heavy atom. The molecular weight excluding hydrogens is 284 g/mol. The zero-order valence-electron chi connectivity index (χ0n) is 10.1. The highest BCUT2D eigenvalue weighted by Gasteiger charge is 2.23. The third kappa shape index (κ3) is 2.05. The van der Waals surface area contributed by atoms with Gasteiger partial charge in [0.1, 0.15) is 0 Å². The van der Waals surface area contributed by atoms with E-state index in [1.165, 1.54) is 0 Å². The van der Waals surface area contributed by atoms with Gasteiger partial charge in [0.2, 0.25) is 0 Å². The van der Waals surface area contributed by atoms with Crippen molar-refractivity contribution in [3.8, 4) is 0 Å². The summed E-state index contributed by atoms with van der Waals surface area (Å²) < 4.78 is 0. The van der Waals surface area contributed by atoms with Crippen LogP contribution in [0.25, 0.3) is 10.9 Å². The first kappa shape index (κ1) is 12.3. The molecular formula is C13H11ClN2O2S. The van der Waals surface area contributed by atoms with Gasteiger partial charge < -0.3 is 4.98 Å². The maximum atomic E-state index is 10.9. The molecule has 0 spiro atoms. The van der Waals surface area contributed by atoms with E-state index in [-0.39, 0.29) is 10.6 Å². The number of halogens is 1. The van der Waals surface area contributed by atoms with E-state index >= 15 is 0 Å². The lowest BCUT2D eigenvalue weighted by Gasteiger charge is -2.07. The summed E-state index contributed by atoms with van der Waals surface area (Å²) in [6, 6.07) is 5.65. The maximum absolute atomic E-state index is 10.9. The van der Waals surface area contributed by atoms with Crippen molar-refractivity contribution in [2.24, 2.45) is 0 Å². The summed E-state index contributed by atoms with van der Waals surface area (Å²) in [5.41, 5.74) is 1.91. The van der Waals surface area contributed by atoms with Crippen LogP contribution in [0, 0.1) is 10.1 Å². The lowest BCUT2D eigenvalue weighted by atomic mass is 10.2. The monoisotopic (exact) mass is 294 g/mol. The molecule has 1 atom stereocenters. The highest BCUT2D eigenvalue weighted by Crippen LogP contribution is 2.49. The van der Waals surface area contributed by atoms with Crippen molar-refractivity contribution in [2.75, 3.05) is 0 Å². The Labute approximate surface area is 117 Å². The van der Waals surface area contributed by atoms with E-state index in [4.69, 9.17) is 11.6 Å². The second-order valence-corrected chi connectivity index (χ2v) is 6.60. The van der Waals surface area contributed by atoms with Gasteiger partial charge in [0, 0.05) is 38.0 Å². The molecule has 2 aromatic rings. The third-order valence-electron chi connectivity index (χ3n) is 3.09. The minimum atomic E-state index is -0.764. The Kier molecular flexibility index (Phi) is 2.88. The minimum Gasteiger partial charge on any atom is -0.360 e. The molecule has 0 fully saturated rings. The van der Waals surface area contributed by atoms with E-state index in [1.54, 1.807) is 12.3 Å². The molecule has 1 aliphatic heterocycles. The minimum absolute atomic E-state index is 0.217. The molecule has 0 amide bonds. The Bertz CT molecular complexity index is 748. The fourth-order valence-electron chi connectivity index (χ4n) is 2.17. The van der Waals surface area contributed by atoms with Crippen LogP contribution in [0.3, 0.4) is 0 Å². The number of nitrogens with zero attached hydrogens (tertiary/aromatic N) is 1. The third-order valence-corrected chi connectivity index (χ3v) is 5.44. The van der Waals surface area contributed by atoms with Crippen molar-refractivity contribution in [1.29, 1.82) is 0 Å². The average molecular weight is 295 g/mol. The number of H-pyrrole nitrogens is 1. The highest BCUT2D eigenvalue weighted by molar-refractivity contribution is 8.22. The van der Waals surface area contributed by atoms with Gasteiger partial charge in [0.05, 0.1) is 4.92 Å². The van der Waals surface area contributed by atoms with Crippen molar-refractivity contribution >= 4 is 33.4 Å². The number of hydrogen-bond donors (Lipinski definition) is 2. The van der Waals surface area contributed by atoms with Crippen molar-refractivity contribution in [1.82, 2.24) is 4.98 Å². The van der Waals surface area contributed by atoms with Crippen molar-refractivity contribution in [2.45, 2.75) is 11.8 Å². The van der Waals surface area contributed by atoms with Crippen LogP contribution in [0.2, 0.25) is 5.02 Å². The maximum Gasteiger partial charge on any atom is 0.277 e. The van der Waals surface area contributed by atoms with Crippen LogP contribution in [0.5, 0.6) is 0 Å². The lowest BCUT2D eigenvalue weighted by Crippen LogP contribution is -1.96. The second-order valence-electron chi connectivity index (χ2n) is 4.35. The topological polar surface area (TPSA) is 58.9 Å². The average Bonchev–Trinajstić information content (AvgIpc) is 2.91. The summed E-state index contributed by atoms with van der Waals surface area (Å²) in [6.07, 6.45) is 1.91. The predicted octanol–water partition coefficient (Wildman–Crippen LogP) is 4.22. The Balaban J connectivity index is 2.10. The number of fused-ring (bicyclic) bond motifs is 1. The molecule has 0 saturated carbocycles. The number of aromatic nitrogens is 1. The van der Waals surface area contributed by atoms with Crippen LogP contribution in [-0.2, 0) is 0 Å². The summed E-state index contributed by atoms with van der Waals surface area (Å²) in [4.78, 5) is 14.9. The summed E-state index contributed by atoms with van der Waals surface area (Å²) in [6.45, 7) is 1.78. The summed E-state index contributed by atoms with van der Waals surface area (Å²) in [7, 11) is -0.764. The number of hydrogen-bond acceptors (Lipinski definition) is 2. The number of thiol groups is 1. The van der Waals surface area contributed by atoms with Gasteiger partial charge in [-0.15, -0.1) is 0 Å². The SMILES string of the molecule is CC1=C[SH](c2c[nH]c3cc(Cl)ccc23)C=C1[N+](=O)[O-]. The van der Waals surface area contributed by atoms with E-state index in [9.17, 15) is 10.1 Å². The van der Waals surface area contributed by atoms with E-state index in [0.29, 0.717) is 5.02 Å². The molecule has 1 aromatic carbocycles. The van der Waals surface area contributed by atoms with E-state index in [1.807, 2.05) is 29.8 Å². The Morgan fingerprint density at radius 3 is 2.84 bits per heavy atom. The van der Waals surface area contributed by atoms with Crippen molar-refractivity contribution in [3.05, 3.63) is 61.6 Å². The first-order valence-electron chi connectivity index (χ1n) is 5.66. The molecule has 1 unspecified atom stereocenters. The second kappa shape index (κ2) is 4.43. The normalized spacial score (nSPS) is 20.4. The molecule has 1 N–H and O–H groups in total. The number of nitro groups is 1.